The molecule has 0 saturated carbocycles. The van der Waals surface area contributed by atoms with Gasteiger partial charge in [0.1, 0.15) is 11.5 Å². The van der Waals surface area contributed by atoms with E-state index in [4.69, 9.17) is 0 Å². The maximum atomic E-state index is 13.1. The highest BCUT2D eigenvalue weighted by molar-refractivity contribution is 6.05. The van der Waals surface area contributed by atoms with Crippen molar-refractivity contribution in [3.05, 3.63) is 76.7 Å². The Morgan fingerprint density at radius 3 is 2.26 bits per heavy atom. The lowest BCUT2D eigenvalue weighted by atomic mass is 10.1. The monoisotopic (exact) mass is 369 g/mol. The summed E-state index contributed by atoms with van der Waals surface area (Å²) in [5, 5.41) is 5.43. The molecule has 0 aliphatic heterocycles. The Labute approximate surface area is 158 Å². The molecular weight excluding hydrogens is 345 g/mol. The first-order chi connectivity index (χ1) is 12.8. The lowest BCUT2D eigenvalue weighted by Crippen LogP contribution is -2.37. The molecule has 0 unspecified atom stereocenters. The van der Waals surface area contributed by atoms with Gasteiger partial charge in [0.05, 0.1) is 0 Å². The summed E-state index contributed by atoms with van der Waals surface area (Å²) in [4.78, 5) is 27.0. The molecule has 0 aliphatic carbocycles. The van der Waals surface area contributed by atoms with Crippen molar-refractivity contribution in [1.29, 1.82) is 0 Å². The average Bonchev–Trinajstić information content (AvgIpc) is 2.63. The number of rotatable bonds is 7. The van der Waals surface area contributed by atoms with E-state index >= 15 is 0 Å². The summed E-state index contributed by atoms with van der Waals surface area (Å²) in [6.07, 6.45) is 1.52. The van der Waals surface area contributed by atoms with Crippen molar-refractivity contribution in [3.8, 4) is 0 Å². The van der Waals surface area contributed by atoms with E-state index in [1.807, 2.05) is 38.1 Å². The number of hydrogen-bond acceptors (Lipinski definition) is 3. The van der Waals surface area contributed by atoms with Crippen molar-refractivity contribution in [2.45, 2.75) is 6.92 Å². The van der Waals surface area contributed by atoms with Gasteiger partial charge in [0, 0.05) is 18.7 Å². The Kier molecular flexibility index (Phi) is 7.25. The summed E-state index contributed by atoms with van der Waals surface area (Å²) in [5.41, 5.74) is 2.20. The quantitative estimate of drug-likeness (QED) is 0.738. The molecule has 27 heavy (non-hydrogen) atoms. The number of halogens is 1. The number of amides is 2. The fourth-order valence-electron chi connectivity index (χ4n) is 2.27. The van der Waals surface area contributed by atoms with E-state index in [0.717, 1.165) is 5.56 Å². The van der Waals surface area contributed by atoms with Gasteiger partial charge in [-0.15, -0.1) is 0 Å². The number of nitrogens with one attached hydrogen (secondary N) is 2. The number of carbonyl (C=O) groups excluding carboxylic acids is 2. The third-order valence-corrected chi connectivity index (χ3v) is 3.83. The molecule has 0 spiro atoms. The molecule has 2 aromatic carbocycles. The summed E-state index contributed by atoms with van der Waals surface area (Å²) in [7, 11) is 3.81. The molecule has 142 valence electrons. The Morgan fingerprint density at radius 2 is 1.67 bits per heavy atom. The second-order valence-electron chi connectivity index (χ2n) is 6.49. The molecule has 0 atom stereocenters. The highest BCUT2D eigenvalue weighted by Crippen LogP contribution is 2.09. The molecule has 0 bridgehead atoms. The summed E-state index contributed by atoms with van der Waals surface area (Å²) in [6.45, 7) is 3.04. The van der Waals surface area contributed by atoms with Crippen LogP contribution in [0, 0.1) is 12.7 Å². The van der Waals surface area contributed by atoms with Crippen molar-refractivity contribution < 1.29 is 14.0 Å². The fourth-order valence-corrected chi connectivity index (χ4v) is 2.27. The molecule has 0 aliphatic rings. The van der Waals surface area contributed by atoms with Crippen LogP contribution in [0.15, 0.2) is 54.2 Å². The van der Waals surface area contributed by atoms with Crippen LogP contribution in [0.3, 0.4) is 0 Å². The van der Waals surface area contributed by atoms with E-state index in [9.17, 15) is 14.0 Å². The zero-order valence-electron chi connectivity index (χ0n) is 15.8. The molecule has 5 nitrogen and oxygen atoms in total. The lowest BCUT2D eigenvalue weighted by molar-refractivity contribution is -0.117. The van der Waals surface area contributed by atoms with Crippen molar-refractivity contribution in [3.63, 3.8) is 0 Å². The van der Waals surface area contributed by atoms with E-state index in [1.54, 1.807) is 24.3 Å². The minimum Gasteiger partial charge on any atom is -0.349 e. The van der Waals surface area contributed by atoms with E-state index in [2.05, 4.69) is 10.6 Å². The lowest BCUT2D eigenvalue weighted by Gasteiger charge is -2.13. The van der Waals surface area contributed by atoms with Crippen LogP contribution in [-0.4, -0.2) is 43.9 Å². The van der Waals surface area contributed by atoms with E-state index in [1.165, 1.54) is 18.2 Å². The maximum Gasteiger partial charge on any atom is 0.267 e. The fraction of sp³-hybridized carbons (Fsp3) is 0.238. The normalized spacial score (nSPS) is 11.4. The van der Waals surface area contributed by atoms with E-state index in [-0.39, 0.29) is 17.4 Å². The number of nitrogens with zero attached hydrogens (tertiary/aromatic N) is 1. The second-order valence-corrected chi connectivity index (χ2v) is 6.49. The molecule has 0 fully saturated rings. The van der Waals surface area contributed by atoms with Crippen LogP contribution < -0.4 is 10.6 Å². The van der Waals surface area contributed by atoms with Crippen molar-refractivity contribution in [2.75, 3.05) is 27.2 Å². The average molecular weight is 369 g/mol. The SMILES string of the molecule is Cc1ccc(C(=O)N/C(=C/c2ccc(F)cc2)C(=O)NCCN(C)C)cc1. The molecule has 0 saturated heterocycles. The number of carbonyl (C=O) groups is 2. The summed E-state index contributed by atoms with van der Waals surface area (Å²) in [5.74, 6) is -1.15. The van der Waals surface area contributed by atoms with Crippen LogP contribution in [0.25, 0.3) is 6.08 Å². The van der Waals surface area contributed by atoms with Crippen LogP contribution in [0.2, 0.25) is 0 Å². The van der Waals surface area contributed by atoms with Crippen LogP contribution in [-0.2, 0) is 4.79 Å². The largest absolute Gasteiger partial charge is 0.349 e. The van der Waals surface area contributed by atoms with Gasteiger partial charge in [0.15, 0.2) is 0 Å². The summed E-state index contributed by atoms with van der Waals surface area (Å²) >= 11 is 0. The van der Waals surface area contributed by atoms with Crippen LogP contribution in [0.1, 0.15) is 21.5 Å². The Hall–Kier alpha value is -2.99. The maximum absolute atomic E-state index is 13.1. The Balaban J connectivity index is 2.20. The molecule has 2 rings (SSSR count). The molecule has 6 heteroatoms. The third kappa shape index (κ3) is 6.67. The smallest absolute Gasteiger partial charge is 0.267 e. The summed E-state index contributed by atoms with van der Waals surface area (Å²) in [6, 6.07) is 12.7. The molecule has 0 heterocycles. The Bertz CT molecular complexity index is 812. The number of benzene rings is 2. The van der Waals surface area contributed by atoms with E-state index < -0.39 is 5.91 Å². The first-order valence-electron chi connectivity index (χ1n) is 8.63. The zero-order chi connectivity index (χ0) is 19.8. The van der Waals surface area contributed by atoms with Crippen molar-refractivity contribution >= 4 is 17.9 Å². The zero-order valence-corrected chi connectivity index (χ0v) is 15.8. The van der Waals surface area contributed by atoms with Gasteiger partial charge in [-0.2, -0.15) is 0 Å². The standard InChI is InChI=1S/C21H24FN3O2/c1-15-4-8-17(9-5-15)20(26)24-19(21(27)23-12-13-25(2)3)14-16-6-10-18(22)11-7-16/h4-11,14H,12-13H2,1-3H3,(H,23,27)(H,24,26)/b19-14+. The molecule has 2 aromatic rings. The minimum atomic E-state index is -0.401. The van der Waals surface area contributed by atoms with Crippen molar-refractivity contribution in [2.24, 2.45) is 0 Å². The predicted molar refractivity (Wildman–Crippen MR) is 105 cm³/mol. The van der Waals surface area contributed by atoms with Gasteiger partial charge in [0.2, 0.25) is 0 Å². The predicted octanol–water partition coefficient (Wildman–Crippen LogP) is 2.58. The van der Waals surface area contributed by atoms with Gasteiger partial charge < -0.3 is 15.5 Å². The third-order valence-electron chi connectivity index (χ3n) is 3.83. The molecule has 0 radical (unpaired) electrons. The number of likely N-dealkylation sites (N-methyl/N-ethyl adjacent to an activating group) is 1. The second kappa shape index (κ2) is 9.64. The first kappa shape index (κ1) is 20.3. The van der Waals surface area contributed by atoms with Gasteiger partial charge in [-0.1, -0.05) is 29.8 Å². The van der Waals surface area contributed by atoms with Crippen molar-refractivity contribution in [1.82, 2.24) is 15.5 Å². The minimum absolute atomic E-state index is 0.103. The van der Waals surface area contributed by atoms with Gasteiger partial charge in [-0.05, 0) is 56.9 Å². The van der Waals surface area contributed by atoms with Gasteiger partial charge in [-0.25, -0.2) is 4.39 Å². The number of hydrogen-bond donors (Lipinski definition) is 2. The topological polar surface area (TPSA) is 61.4 Å². The summed E-state index contributed by atoms with van der Waals surface area (Å²) < 4.78 is 13.1. The van der Waals surface area contributed by atoms with E-state index in [0.29, 0.717) is 24.2 Å². The Morgan fingerprint density at radius 1 is 1.04 bits per heavy atom. The highest BCUT2D eigenvalue weighted by atomic mass is 19.1. The highest BCUT2D eigenvalue weighted by Gasteiger charge is 2.14. The molecule has 2 N–H and O–H groups in total. The van der Waals surface area contributed by atoms with Crippen LogP contribution >= 0.6 is 0 Å². The molecule has 2 amide bonds. The molecular formula is C21H24FN3O2. The molecule has 0 aromatic heterocycles. The van der Waals surface area contributed by atoms with Gasteiger partial charge in [0.25, 0.3) is 11.8 Å². The van der Waals surface area contributed by atoms with Gasteiger partial charge >= 0.3 is 0 Å². The van der Waals surface area contributed by atoms with Gasteiger partial charge in [-0.3, -0.25) is 9.59 Å². The first-order valence-corrected chi connectivity index (χ1v) is 8.63. The van der Waals surface area contributed by atoms with Crippen LogP contribution in [0.4, 0.5) is 4.39 Å². The number of aryl methyl sites for hydroxylation is 1. The van der Waals surface area contributed by atoms with Crippen LogP contribution in [0.5, 0.6) is 0 Å².